The number of carbonyl (C=O) groups excluding carboxylic acids is 2. The Bertz CT molecular complexity index is 1340. The molecule has 33 heavy (non-hydrogen) atoms. The molecule has 168 valence electrons. The molecule has 1 N–H and O–H groups in total. The molecule has 3 aromatic heterocycles. The number of hydrogen-bond acceptors (Lipinski definition) is 7. The quantitative estimate of drug-likeness (QED) is 0.510. The van der Waals surface area contributed by atoms with Crippen molar-refractivity contribution in [2.24, 2.45) is 0 Å². The third-order valence-corrected chi connectivity index (χ3v) is 5.81. The van der Waals surface area contributed by atoms with E-state index < -0.39 is 0 Å². The molecule has 4 aromatic rings. The number of fused-ring (bicyclic) bond motifs is 1. The van der Waals surface area contributed by atoms with Crippen LogP contribution in [0.4, 0.5) is 10.5 Å². The lowest BCUT2D eigenvalue weighted by atomic mass is 10.1. The van der Waals surface area contributed by atoms with Crippen LogP contribution in [0.15, 0.2) is 53.3 Å². The number of hydrogen-bond donors (Lipinski definition) is 1. The Morgan fingerprint density at radius 1 is 1.24 bits per heavy atom. The summed E-state index contributed by atoms with van der Waals surface area (Å²) in [6.45, 7) is 2.97. The molecule has 0 bridgehead atoms. The lowest BCUT2D eigenvalue weighted by Crippen LogP contribution is -2.28. The molecule has 5 rings (SSSR count). The maximum Gasteiger partial charge on any atom is 0.409 e. The second-order valence-corrected chi connectivity index (χ2v) is 7.91. The predicted octanol–water partition coefficient (Wildman–Crippen LogP) is 3.50. The Balaban J connectivity index is 1.35. The lowest BCUT2D eigenvalue weighted by molar-refractivity contribution is 0.102. The lowest BCUT2D eigenvalue weighted by Gasteiger charge is -2.13. The number of nitrogens with zero attached hydrogens (tertiary/aromatic N) is 5. The van der Waals surface area contributed by atoms with Gasteiger partial charge >= 0.3 is 6.09 Å². The van der Waals surface area contributed by atoms with E-state index in [2.05, 4.69) is 20.4 Å². The number of imidazole rings is 1. The van der Waals surface area contributed by atoms with Gasteiger partial charge in [-0.05, 0) is 37.1 Å². The van der Waals surface area contributed by atoms with Gasteiger partial charge in [-0.1, -0.05) is 23.4 Å². The van der Waals surface area contributed by atoms with Crippen molar-refractivity contribution in [3.63, 3.8) is 0 Å². The average Bonchev–Trinajstić information content (AvgIpc) is 3.58. The number of aromatic nitrogens is 4. The van der Waals surface area contributed by atoms with Gasteiger partial charge in [-0.25, -0.2) is 9.78 Å². The summed E-state index contributed by atoms with van der Waals surface area (Å²) in [5.41, 5.74) is 3.40. The van der Waals surface area contributed by atoms with Crippen molar-refractivity contribution in [3.8, 4) is 11.4 Å². The number of anilines is 1. The average molecular weight is 446 g/mol. The fourth-order valence-electron chi connectivity index (χ4n) is 3.96. The van der Waals surface area contributed by atoms with Gasteiger partial charge < -0.3 is 19.5 Å². The highest BCUT2D eigenvalue weighted by Crippen LogP contribution is 2.29. The zero-order valence-electron chi connectivity index (χ0n) is 18.2. The van der Waals surface area contributed by atoms with Crippen molar-refractivity contribution in [1.29, 1.82) is 0 Å². The second kappa shape index (κ2) is 8.38. The van der Waals surface area contributed by atoms with Gasteiger partial charge in [0, 0.05) is 30.5 Å². The van der Waals surface area contributed by atoms with Crippen molar-refractivity contribution < 1.29 is 18.8 Å². The summed E-state index contributed by atoms with van der Waals surface area (Å²) >= 11 is 0. The molecule has 4 heterocycles. The summed E-state index contributed by atoms with van der Waals surface area (Å²) in [4.78, 5) is 35.1. The van der Waals surface area contributed by atoms with Crippen LogP contribution in [-0.4, -0.2) is 56.6 Å². The highest BCUT2D eigenvalue weighted by Gasteiger charge is 2.31. The zero-order valence-corrected chi connectivity index (χ0v) is 18.2. The van der Waals surface area contributed by atoms with Gasteiger partial charge in [0.05, 0.1) is 19.2 Å². The van der Waals surface area contributed by atoms with Crippen LogP contribution in [-0.2, 0) is 4.74 Å². The predicted molar refractivity (Wildman–Crippen MR) is 119 cm³/mol. The van der Waals surface area contributed by atoms with Gasteiger partial charge in [-0.15, -0.1) is 0 Å². The molecule has 1 saturated heterocycles. The molecule has 10 nitrogen and oxygen atoms in total. The summed E-state index contributed by atoms with van der Waals surface area (Å²) in [6.07, 6.45) is 3.72. The number of nitrogens with one attached hydrogen (secondary N) is 1. The molecular weight excluding hydrogens is 424 g/mol. The van der Waals surface area contributed by atoms with Crippen LogP contribution < -0.4 is 5.32 Å². The minimum atomic E-state index is -0.359. The fraction of sp³-hybridized carbons (Fsp3) is 0.261. The van der Waals surface area contributed by atoms with Gasteiger partial charge in [0.15, 0.2) is 0 Å². The van der Waals surface area contributed by atoms with E-state index in [0.717, 1.165) is 12.0 Å². The Hall–Kier alpha value is -4.21. The summed E-state index contributed by atoms with van der Waals surface area (Å²) in [6, 6.07) is 11.1. The normalized spacial score (nSPS) is 15.7. The van der Waals surface area contributed by atoms with Crippen molar-refractivity contribution in [2.75, 3.05) is 25.5 Å². The summed E-state index contributed by atoms with van der Waals surface area (Å²) in [5.74, 6) is 0.599. The molecule has 0 spiro atoms. The van der Waals surface area contributed by atoms with Crippen molar-refractivity contribution >= 4 is 23.3 Å². The van der Waals surface area contributed by atoms with Crippen LogP contribution in [0, 0.1) is 6.92 Å². The highest BCUT2D eigenvalue weighted by atomic mass is 16.5. The van der Waals surface area contributed by atoms with Gasteiger partial charge in [0.25, 0.3) is 5.91 Å². The molecule has 2 amide bonds. The standard InChI is InChI=1S/C23H22N6O4/c1-14-6-7-15(20-26-22(33-27-20)16-8-10-28(13-16)23(31)32-2)11-17(14)25-21(30)18-12-24-19-5-3-4-9-29(18)19/h3-7,9,11-12,16H,8,10,13H2,1-2H3,(H,25,30). The van der Waals surface area contributed by atoms with E-state index in [1.807, 2.05) is 43.3 Å². The first kappa shape index (κ1) is 20.7. The number of ether oxygens (including phenoxy) is 1. The van der Waals surface area contributed by atoms with E-state index >= 15 is 0 Å². The number of methoxy groups -OCH3 is 1. The molecule has 0 aliphatic carbocycles. The van der Waals surface area contributed by atoms with Crippen molar-refractivity contribution in [1.82, 2.24) is 24.4 Å². The number of benzene rings is 1. The van der Waals surface area contributed by atoms with E-state index in [1.54, 1.807) is 21.7 Å². The highest BCUT2D eigenvalue weighted by molar-refractivity contribution is 6.04. The topological polar surface area (TPSA) is 115 Å². The SMILES string of the molecule is COC(=O)N1CCC(c2nc(-c3ccc(C)c(NC(=O)c4cnc5ccccn45)c3)no2)C1. The molecule has 0 saturated carbocycles. The third kappa shape index (κ3) is 3.91. The molecule has 10 heteroatoms. The smallest absolute Gasteiger partial charge is 0.409 e. The molecule has 1 aliphatic rings. The summed E-state index contributed by atoms with van der Waals surface area (Å²) in [7, 11) is 1.36. The number of aryl methyl sites for hydroxylation is 1. The van der Waals surface area contributed by atoms with Crippen molar-refractivity contribution in [3.05, 3.63) is 65.9 Å². The summed E-state index contributed by atoms with van der Waals surface area (Å²) in [5, 5.41) is 7.07. The number of carbonyl (C=O) groups is 2. The maximum absolute atomic E-state index is 12.9. The van der Waals surface area contributed by atoms with E-state index in [-0.39, 0.29) is 17.9 Å². The zero-order chi connectivity index (χ0) is 22.9. The van der Waals surface area contributed by atoms with Crippen LogP contribution in [0.25, 0.3) is 17.0 Å². The minimum Gasteiger partial charge on any atom is -0.453 e. The van der Waals surface area contributed by atoms with Crippen LogP contribution in [0.1, 0.15) is 34.3 Å². The largest absolute Gasteiger partial charge is 0.453 e. The number of pyridine rings is 1. The van der Waals surface area contributed by atoms with Gasteiger partial charge in [0.1, 0.15) is 11.3 Å². The molecule has 1 atom stereocenters. The maximum atomic E-state index is 12.9. The Morgan fingerprint density at radius 3 is 2.97 bits per heavy atom. The first-order chi connectivity index (χ1) is 16.0. The number of rotatable bonds is 4. The van der Waals surface area contributed by atoms with E-state index in [0.29, 0.717) is 47.4 Å². The summed E-state index contributed by atoms with van der Waals surface area (Å²) < 4.78 is 12.0. The first-order valence-electron chi connectivity index (χ1n) is 10.5. The van der Waals surface area contributed by atoms with E-state index in [9.17, 15) is 9.59 Å². The Kier molecular flexibility index (Phi) is 5.25. The molecule has 0 radical (unpaired) electrons. The van der Waals surface area contributed by atoms with Crippen LogP contribution in [0.3, 0.4) is 0 Å². The monoisotopic (exact) mass is 446 g/mol. The number of amides is 2. The molecule has 1 aliphatic heterocycles. The molecular formula is C23H22N6O4. The molecule has 1 aromatic carbocycles. The van der Waals surface area contributed by atoms with E-state index in [1.165, 1.54) is 7.11 Å². The van der Waals surface area contributed by atoms with Gasteiger partial charge in [0.2, 0.25) is 11.7 Å². The minimum absolute atomic E-state index is 0.0369. The van der Waals surface area contributed by atoms with Crippen LogP contribution in [0.5, 0.6) is 0 Å². The van der Waals surface area contributed by atoms with Gasteiger partial charge in [-0.2, -0.15) is 4.98 Å². The van der Waals surface area contributed by atoms with E-state index in [4.69, 9.17) is 9.26 Å². The van der Waals surface area contributed by atoms with Crippen LogP contribution in [0.2, 0.25) is 0 Å². The first-order valence-corrected chi connectivity index (χ1v) is 10.5. The Labute approximate surface area is 189 Å². The molecule has 1 fully saturated rings. The van der Waals surface area contributed by atoms with Crippen molar-refractivity contribution in [2.45, 2.75) is 19.3 Å². The van der Waals surface area contributed by atoms with Gasteiger partial charge in [-0.3, -0.25) is 9.20 Å². The third-order valence-electron chi connectivity index (χ3n) is 5.81. The second-order valence-electron chi connectivity index (χ2n) is 7.91. The molecule has 1 unspecified atom stereocenters. The number of likely N-dealkylation sites (tertiary alicyclic amines) is 1. The Morgan fingerprint density at radius 2 is 2.12 bits per heavy atom. The fourth-order valence-corrected chi connectivity index (χ4v) is 3.96. The van der Waals surface area contributed by atoms with Crippen LogP contribution >= 0.6 is 0 Å².